The molecule has 11 heavy (non-hydrogen) atoms. The highest BCUT2D eigenvalue weighted by Gasteiger charge is 1.98. The lowest BCUT2D eigenvalue weighted by atomic mass is 10.1. The summed E-state index contributed by atoms with van der Waals surface area (Å²) in [6.45, 7) is 7.53. The lowest BCUT2D eigenvalue weighted by Gasteiger charge is -2.05. The summed E-state index contributed by atoms with van der Waals surface area (Å²) in [5.41, 5.74) is 1.20. The van der Waals surface area contributed by atoms with E-state index < -0.39 is 0 Å². The summed E-state index contributed by atoms with van der Waals surface area (Å²) in [7, 11) is 0. The van der Waals surface area contributed by atoms with Crippen LogP contribution in [0, 0.1) is 19.0 Å². The fraction of sp³-hybridized carbons (Fsp3) is 0.667. The summed E-state index contributed by atoms with van der Waals surface area (Å²) in [6, 6.07) is 1.92. The van der Waals surface area contributed by atoms with Crippen molar-refractivity contribution in [3.63, 3.8) is 0 Å². The Kier molecular flexibility index (Phi) is 2.69. The fourth-order valence-corrected chi connectivity index (χ4v) is 0.952. The van der Waals surface area contributed by atoms with Crippen LogP contribution in [0.4, 0.5) is 0 Å². The van der Waals surface area contributed by atoms with Gasteiger partial charge in [0.25, 0.3) is 0 Å². The second-order valence-corrected chi connectivity index (χ2v) is 3.32. The fourth-order valence-electron chi connectivity index (χ4n) is 0.952. The van der Waals surface area contributed by atoms with Crippen molar-refractivity contribution < 1.29 is 0 Å². The molecular formula is C9H15N2. The van der Waals surface area contributed by atoms with Crippen LogP contribution in [0.5, 0.6) is 0 Å². The van der Waals surface area contributed by atoms with Gasteiger partial charge in [0.2, 0.25) is 0 Å². The minimum atomic E-state index is 0.749. The molecule has 1 aromatic heterocycles. The largest absolute Gasteiger partial charge is 0.269 e. The van der Waals surface area contributed by atoms with Crippen LogP contribution in [0.15, 0.2) is 6.07 Å². The first kappa shape index (κ1) is 8.31. The summed E-state index contributed by atoms with van der Waals surface area (Å²) in [4.78, 5) is 0. The number of rotatable bonds is 3. The molecule has 0 aliphatic carbocycles. The predicted molar refractivity (Wildman–Crippen MR) is 45.3 cm³/mol. The average Bonchev–Trinajstić information content (AvgIpc) is 2.31. The molecule has 0 aliphatic heterocycles. The Hall–Kier alpha value is -0.790. The quantitative estimate of drug-likeness (QED) is 0.646. The second-order valence-electron chi connectivity index (χ2n) is 3.32. The summed E-state index contributed by atoms with van der Waals surface area (Å²) in [6.07, 6.45) is 4.03. The van der Waals surface area contributed by atoms with Gasteiger partial charge in [-0.25, -0.2) is 0 Å². The third-order valence-corrected chi connectivity index (χ3v) is 1.78. The zero-order valence-corrected chi connectivity index (χ0v) is 7.46. The molecule has 0 saturated heterocycles. The van der Waals surface area contributed by atoms with Gasteiger partial charge in [-0.15, -0.1) is 0 Å². The van der Waals surface area contributed by atoms with E-state index in [-0.39, 0.29) is 0 Å². The van der Waals surface area contributed by atoms with Crippen LogP contribution >= 0.6 is 0 Å². The molecule has 1 heterocycles. The van der Waals surface area contributed by atoms with Crippen LogP contribution in [0.3, 0.4) is 0 Å². The van der Waals surface area contributed by atoms with Gasteiger partial charge in [0.15, 0.2) is 0 Å². The number of hydrogen-bond acceptors (Lipinski definition) is 1. The second kappa shape index (κ2) is 3.56. The first-order chi connectivity index (χ1) is 5.20. The van der Waals surface area contributed by atoms with Gasteiger partial charge in [0.05, 0.1) is 0 Å². The van der Waals surface area contributed by atoms with Crippen molar-refractivity contribution in [1.29, 1.82) is 0 Å². The molecule has 0 N–H and O–H groups in total. The highest BCUT2D eigenvalue weighted by molar-refractivity contribution is 4.94. The van der Waals surface area contributed by atoms with Crippen molar-refractivity contribution in [3.05, 3.63) is 18.0 Å². The minimum absolute atomic E-state index is 0.749. The standard InChI is InChI=1S/C9H15N2/c1-8(2)5-7-11-9(3)4-6-10-11/h4,8H,5,7H2,1-3H3. The molecule has 0 aromatic carbocycles. The van der Waals surface area contributed by atoms with E-state index in [1.165, 1.54) is 12.1 Å². The van der Waals surface area contributed by atoms with Gasteiger partial charge in [0, 0.05) is 12.2 Å². The van der Waals surface area contributed by atoms with Crippen LogP contribution in [0.25, 0.3) is 0 Å². The molecule has 1 rings (SSSR count). The van der Waals surface area contributed by atoms with Crippen molar-refractivity contribution in [2.24, 2.45) is 5.92 Å². The Morgan fingerprint density at radius 1 is 1.64 bits per heavy atom. The first-order valence-corrected chi connectivity index (χ1v) is 4.10. The zero-order chi connectivity index (χ0) is 8.27. The molecule has 0 saturated carbocycles. The first-order valence-electron chi connectivity index (χ1n) is 4.10. The molecular weight excluding hydrogens is 136 g/mol. The molecule has 61 valence electrons. The highest BCUT2D eigenvalue weighted by Crippen LogP contribution is 2.03. The van der Waals surface area contributed by atoms with Crippen molar-refractivity contribution in [1.82, 2.24) is 9.78 Å². The molecule has 0 fully saturated rings. The molecule has 0 spiro atoms. The van der Waals surface area contributed by atoms with Gasteiger partial charge in [-0.05, 0) is 25.3 Å². The van der Waals surface area contributed by atoms with Crippen molar-refractivity contribution in [2.45, 2.75) is 33.7 Å². The number of aryl methyl sites for hydroxylation is 2. The van der Waals surface area contributed by atoms with Gasteiger partial charge >= 0.3 is 0 Å². The van der Waals surface area contributed by atoms with Gasteiger partial charge < -0.3 is 0 Å². The van der Waals surface area contributed by atoms with Crippen molar-refractivity contribution >= 4 is 0 Å². The smallest absolute Gasteiger partial charge is 0.113 e. The van der Waals surface area contributed by atoms with Gasteiger partial charge in [-0.1, -0.05) is 13.8 Å². The van der Waals surface area contributed by atoms with Crippen LogP contribution in [0.1, 0.15) is 26.0 Å². The van der Waals surface area contributed by atoms with Crippen molar-refractivity contribution in [3.8, 4) is 0 Å². The molecule has 0 atom stereocenters. The SMILES string of the molecule is Cc1c[c]nn1CCC(C)C. The summed E-state index contributed by atoms with van der Waals surface area (Å²) in [5, 5.41) is 4.08. The maximum Gasteiger partial charge on any atom is 0.113 e. The molecule has 2 nitrogen and oxygen atoms in total. The highest BCUT2D eigenvalue weighted by atomic mass is 15.3. The molecule has 0 aliphatic rings. The molecule has 2 heteroatoms. The van der Waals surface area contributed by atoms with E-state index in [0.717, 1.165) is 12.5 Å². The monoisotopic (exact) mass is 151 g/mol. The molecule has 1 radical (unpaired) electrons. The molecule has 0 amide bonds. The Labute approximate surface area is 68.2 Å². The summed E-state index contributed by atoms with van der Waals surface area (Å²) in [5.74, 6) is 0.749. The zero-order valence-electron chi connectivity index (χ0n) is 7.46. The molecule has 0 unspecified atom stereocenters. The predicted octanol–water partition coefficient (Wildman–Crippen LogP) is 2.04. The van der Waals surface area contributed by atoms with Gasteiger partial charge in [0.1, 0.15) is 6.20 Å². The number of nitrogens with zero attached hydrogens (tertiary/aromatic N) is 2. The average molecular weight is 151 g/mol. The summed E-state index contributed by atoms with van der Waals surface area (Å²) >= 11 is 0. The lowest BCUT2D eigenvalue weighted by Crippen LogP contribution is -2.04. The van der Waals surface area contributed by atoms with Crippen molar-refractivity contribution in [2.75, 3.05) is 0 Å². The maximum atomic E-state index is 4.08. The number of hydrogen-bond donors (Lipinski definition) is 0. The third kappa shape index (κ3) is 2.37. The van der Waals surface area contributed by atoms with Gasteiger partial charge in [-0.2, -0.15) is 5.10 Å². The van der Waals surface area contributed by atoms with E-state index in [9.17, 15) is 0 Å². The topological polar surface area (TPSA) is 17.8 Å². The summed E-state index contributed by atoms with van der Waals surface area (Å²) < 4.78 is 2.00. The Bertz CT molecular complexity index is 213. The minimum Gasteiger partial charge on any atom is -0.269 e. The van der Waals surface area contributed by atoms with Crippen LogP contribution in [0.2, 0.25) is 0 Å². The van der Waals surface area contributed by atoms with E-state index in [1.54, 1.807) is 0 Å². The Morgan fingerprint density at radius 3 is 2.82 bits per heavy atom. The van der Waals surface area contributed by atoms with Crippen LogP contribution < -0.4 is 0 Å². The van der Waals surface area contributed by atoms with Crippen LogP contribution in [-0.2, 0) is 6.54 Å². The maximum absolute atomic E-state index is 4.08. The van der Waals surface area contributed by atoms with Gasteiger partial charge in [-0.3, -0.25) is 4.68 Å². The third-order valence-electron chi connectivity index (χ3n) is 1.78. The van der Waals surface area contributed by atoms with E-state index in [1.807, 2.05) is 10.7 Å². The molecule has 0 bridgehead atoms. The van der Waals surface area contributed by atoms with E-state index in [0.29, 0.717) is 0 Å². The van der Waals surface area contributed by atoms with E-state index >= 15 is 0 Å². The Morgan fingerprint density at radius 2 is 2.36 bits per heavy atom. The lowest BCUT2D eigenvalue weighted by molar-refractivity contribution is 0.480. The number of aromatic nitrogens is 2. The molecule has 1 aromatic rings. The normalized spacial score (nSPS) is 10.9. The van der Waals surface area contributed by atoms with Crippen LogP contribution in [-0.4, -0.2) is 9.78 Å². The van der Waals surface area contributed by atoms with E-state index in [4.69, 9.17) is 0 Å². The van der Waals surface area contributed by atoms with E-state index in [2.05, 4.69) is 32.1 Å². The Balaban J connectivity index is 2.44.